The largest absolute Gasteiger partial charge is 0.392 e. The highest BCUT2D eigenvalue weighted by Crippen LogP contribution is 2.11. The Hall–Kier alpha value is -1.19. The molecule has 3 nitrogen and oxygen atoms in total. The smallest absolute Gasteiger partial charge is 0.162 e. The third-order valence-corrected chi connectivity index (χ3v) is 3.45. The van der Waals surface area contributed by atoms with Crippen molar-refractivity contribution in [2.75, 3.05) is 19.6 Å². The first-order valence-electron chi connectivity index (χ1n) is 6.74. The molecule has 1 aromatic carbocycles. The first kappa shape index (κ1) is 13.2. The van der Waals surface area contributed by atoms with Gasteiger partial charge in [0.1, 0.15) is 0 Å². The Bertz CT molecular complexity index is 377. The molecular weight excluding hydrogens is 226 g/mol. The van der Waals surface area contributed by atoms with Gasteiger partial charge in [0.2, 0.25) is 0 Å². The average molecular weight is 247 g/mol. The lowest BCUT2D eigenvalue weighted by Crippen LogP contribution is -2.38. The molecule has 1 fully saturated rings. The second-order valence-corrected chi connectivity index (χ2v) is 4.99. The number of hydrogen-bond donors (Lipinski definition) is 1. The van der Waals surface area contributed by atoms with E-state index in [-0.39, 0.29) is 11.9 Å². The van der Waals surface area contributed by atoms with Gasteiger partial charge >= 0.3 is 0 Å². The average Bonchev–Trinajstić information content (AvgIpc) is 2.40. The maximum atomic E-state index is 11.9. The van der Waals surface area contributed by atoms with E-state index in [0.29, 0.717) is 6.42 Å². The third kappa shape index (κ3) is 3.93. The molecule has 1 aromatic rings. The van der Waals surface area contributed by atoms with Crippen LogP contribution in [0.1, 0.15) is 36.0 Å². The topological polar surface area (TPSA) is 40.5 Å². The number of aliphatic hydroxyl groups excluding tert-OH is 1. The number of aliphatic hydroxyl groups is 1. The van der Waals surface area contributed by atoms with Crippen LogP contribution in [0.5, 0.6) is 0 Å². The zero-order valence-electron chi connectivity index (χ0n) is 10.7. The van der Waals surface area contributed by atoms with Crippen molar-refractivity contribution in [3.8, 4) is 0 Å². The number of benzene rings is 1. The van der Waals surface area contributed by atoms with Gasteiger partial charge in [0.15, 0.2) is 5.78 Å². The van der Waals surface area contributed by atoms with Crippen molar-refractivity contribution in [2.45, 2.75) is 31.8 Å². The Morgan fingerprint density at radius 1 is 1.33 bits per heavy atom. The van der Waals surface area contributed by atoms with Gasteiger partial charge in [-0.2, -0.15) is 0 Å². The monoisotopic (exact) mass is 247 g/mol. The molecule has 1 aliphatic rings. The fourth-order valence-electron chi connectivity index (χ4n) is 2.47. The van der Waals surface area contributed by atoms with E-state index in [4.69, 9.17) is 0 Å². The summed E-state index contributed by atoms with van der Waals surface area (Å²) in [6.07, 6.45) is 3.27. The minimum Gasteiger partial charge on any atom is -0.392 e. The summed E-state index contributed by atoms with van der Waals surface area (Å²) in [5.74, 6) is 0.216. The van der Waals surface area contributed by atoms with Crippen molar-refractivity contribution in [3.05, 3.63) is 35.9 Å². The van der Waals surface area contributed by atoms with Crippen LogP contribution in [0.4, 0.5) is 0 Å². The number of β-amino-alcohol motifs (C(OH)–C–C–N with tert-alkyl or cyclic N) is 1. The van der Waals surface area contributed by atoms with Crippen LogP contribution in [0.2, 0.25) is 0 Å². The molecule has 0 radical (unpaired) electrons. The van der Waals surface area contributed by atoms with E-state index in [0.717, 1.165) is 44.5 Å². The summed E-state index contributed by atoms with van der Waals surface area (Å²) in [5.41, 5.74) is 0.802. The zero-order chi connectivity index (χ0) is 12.8. The standard InChI is InChI=1S/C15H21NO2/c17-14-8-4-10-16(12-14)11-5-9-15(18)13-6-2-1-3-7-13/h1-3,6-7,14,17H,4-5,8-12H2. The summed E-state index contributed by atoms with van der Waals surface area (Å²) in [5, 5.41) is 9.56. The lowest BCUT2D eigenvalue weighted by atomic mass is 10.1. The molecule has 0 saturated carbocycles. The predicted octanol–water partition coefficient (Wildman–Crippen LogP) is 2.11. The summed E-state index contributed by atoms with van der Waals surface area (Å²) in [6, 6.07) is 9.45. The molecule has 1 unspecified atom stereocenters. The highest BCUT2D eigenvalue weighted by Gasteiger charge is 2.17. The van der Waals surface area contributed by atoms with Gasteiger partial charge in [-0.1, -0.05) is 30.3 Å². The van der Waals surface area contributed by atoms with Crippen LogP contribution in [-0.2, 0) is 0 Å². The van der Waals surface area contributed by atoms with E-state index >= 15 is 0 Å². The first-order valence-corrected chi connectivity index (χ1v) is 6.74. The molecular formula is C15H21NO2. The highest BCUT2D eigenvalue weighted by atomic mass is 16.3. The summed E-state index contributed by atoms with van der Waals surface area (Å²) in [6.45, 7) is 2.73. The number of hydrogen-bond acceptors (Lipinski definition) is 3. The van der Waals surface area contributed by atoms with Crippen molar-refractivity contribution in [2.24, 2.45) is 0 Å². The van der Waals surface area contributed by atoms with Gasteiger partial charge < -0.3 is 10.0 Å². The number of ketones is 1. The van der Waals surface area contributed by atoms with Crippen LogP contribution >= 0.6 is 0 Å². The zero-order valence-corrected chi connectivity index (χ0v) is 10.7. The van der Waals surface area contributed by atoms with Gasteiger partial charge in [-0.05, 0) is 32.4 Å². The van der Waals surface area contributed by atoms with Gasteiger partial charge in [0, 0.05) is 18.5 Å². The highest BCUT2D eigenvalue weighted by molar-refractivity contribution is 5.95. The molecule has 2 rings (SSSR count). The Kier molecular flexibility index (Phi) is 4.90. The van der Waals surface area contributed by atoms with Crippen LogP contribution in [0, 0.1) is 0 Å². The van der Waals surface area contributed by atoms with Crippen molar-refractivity contribution < 1.29 is 9.90 Å². The second-order valence-electron chi connectivity index (χ2n) is 4.99. The van der Waals surface area contributed by atoms with E-state index in [2.05, 4.69) is 4.90 Å². The minimum absolute atomic E-state index is 0.177. The molecule has 3 heteroatoms. The molecule has 1 heterocycles. The molecule has 0 spiro atoms. The predicted molar refractivity (Wildman–Crippen MR) is 71.7 cm³/mol. The normalized spacial score (nSPS) is 20.8. The van der Waals surface area contributed by atoms with Crippen LogP contribution in [0.3, 0.4) is 0 Å². The Morgan fingerprint density at radius 3 is 2.83 bits per heavy atom. The Balaban J connectivity index is 1.70. The maximum Gasteiger partial charge on any atom is 0.162 e. The van der Waals surface area contributed by atoms with Crippen molar-refractivity contribution >= 4 is 5.78 Å². The van der Waals surface area contributed by atoms with E-state index in [1.807, 2.05) is 30.3 Å². The van der Waals surface area contributed by atoms with Crippen molar-refractivity contribution in [1.82, 2.24) is 4.90 Å². The van der Waals surface area contributed by atoms with E-state index < -0.39 is 0 Å². The second kappa shape index (κ2) is 6.66. The fourth-order valence-corrected chi connectivity index (χ4v) is 2.47. The van der Waals surface area contributed by atoms with Gasteiger partial charge in [0.25, 0.3) is 0 Å². The van der Waals surface area contributed by atoms with Crippen LogP contribution in [-0.4, -0.2) is 41.5 Å². The molecule has 0 bridgehead atoms. The molecule has 0 amide bonds. The molecule has 98 valence electrons. The number of likely N-dealkylation sites (tertiary alicyclic amines) is 1. The van der Waals surface area contributed by atoms with Crippen LogP contribution < -0.4 is 0 Å². The number of carbonyl (C=O) groups is 1. The van der Waals surface area contributed by atoms with Gasteiger partial charge in [-0.25, -0.2) is 0 Å². The number of Topliss-reactive ketones (excluding diaryl/α,β-unsaturated/α-hetero) is 1. The third-order valence-electron chi connectivity index (χ3n) is 3.45. The number of piperidine rings is 1. The Morgan fingerprint density at radius 2 is 2.11 bits per heavy atom. The van der Waals surface area contributed by atoms with Crippen LogP contribution in [0.15, 0.2) is 30.3 Å². The number of carbonyl (C=O) groups excluding carboxylic acids is 1. The van der Waals surface area contributed by atoms with Gasteiger partial charge in [-0.3, -0.25) is 4.79 Å². The van der Waals surface area contributed by atoms with E-state index in [1.54, 1.807) is 0 Å². The molecule has 1 saturated heterocycles. The lowest BCUT2D eigenvalue weighted by Gasteiger charge is -2.29. The first-order chi connectivity index (χ1) is 8.75. The quantitative estimate of drug-likeness (QED) is 0.810. The summed E-state index contributed by atoms with van der Waals surface area (Å²) >= 11 is 0. The molecule has 0 aliphatic carbocycles. The van der Waals surface area contributed by atoms with Gasteiger partial charge in [-0.15, -0.1) is 0 Å². The van der Waals surface area contributed by atoms with E-state index in [9.17, 15) is 9.90 Å². The molecule has 0 aromatic heterocycles. The lowest BCUT2D eigenvalue weighted by molar-refractivity contribution is 0.0692. The fraction of sp³-hybridized carbons (Fsp3) is 0.533. The molecule has 18 heavy (non-hydrogen) atoms. The molecule has 1 aliphatic heterocycles. The molecule has 1 N–H and O–H groups in total. The van der Waals surface area contributed by atoms with Gasteiger partial charge in [0.05, 0.1) is 6.10 Å². The van der Waals surface area contributed by atoms with Crippen LogP contribution in [0.25, 0.3) is 0 Å². The summed E-state index contributed by atoms with van der Waals surface area (Å²) in [4.78, 5) is 14.1. The number of rotatable bonds is 5. The Labute approximate surface area is 108 Å². The SMILES string of the molecule is O=C(CCCN1CCCC(O)C1)c1ccccc1. The van der Waals surface area contributed by atoms with Crippen molar-refractivity contribution in [1.29, 1.82) is 0 Å². The summed E-state index contributed by atoms with van der Waals surface area (Å²) in [7, 11) is 0. The number of nitrogens with zero attached hydrogens (tertiary/aromatic N) is 1. The minimum atomic E-state index is -0.177. The molecule has 1 atom stereocenters. The van der Waals surface area contributed by atoms with E-state index in [1.165, 1.54) is 0 Å². The summed E-state index contributed by atoms with van der Waals surface area (Å²) < 4.78 is 0. The maximum absolute atomic E-state index is 11.9. The van der Waals surface area contributed by atoms with Crippen molar-refractivity contribution in [3.63, 3.8) is 0 Å².